The molecule has 2 aromatic carbocycles. The van der Waals surface area contributed by atoms with Crippen LogP contribution >= 0.6 is 0 Å². The van der Waals surface area contributed by atoms with Gasteiger partial charge in [0.25, 0.3) is 0 Å². The summed E-state index contributed by atoms with van der Waals surface area (Å²) in [4.78, 5) is 44.6. The van der Waals surface area contributed by atoms with Gasteiger partial charge in [-0.3, -0.25) is 0 Å². The van der Waals surface area contributed by atoms with E-state index in [0.717, 1.165) is 24.3 Å². The van der Waals surface area contributed by atoms with Gasteiger partial charge >= 0.3 is 75.3 Å². The Hall–Kier alpha value is -1.78. The van der Waals surface area contributed by atoms with Gasteiger partial charge in [0, 0.05) is 0 Å². The minimum Gasteiger partial charge on any atom is -1.00 e. The summed E-state index contributed by atoms with van der Waals surface area (Å²) < 4.78 is 0. The van der Waals surface area contributed by atoms with Gasteiger partial charge in [0.15, 0.2) is 0 Å². The molecule has 0 amide bonds. The summed E-state index contributed by atoms with van der Waals surface area (Å²) in [5.74, 6) is -5.84. The standard InChI is InChI=1S/C14H8O8.K.H/c15-11(16)5-1-7-8(10(3-5)14(21)22)2-6(12(17)18)4-9(7)13(19)20;;/h1-4H,(H,15,16)(H,17,18)(H,19,20)(H,21,22);;/q;+1;-1. The molecule has 0 heterocycles. The molecule has 2 aromatic rings. The smallest absolute Gasteiger partial charge is 1.00 e. The Balaban J connectivity index is 0.00000264. The van der Waals surface area contributed by atoms with Gasteiger partial charge in [-0.1, -0.05) is 0 Å². The van der Waals surface area contributed by atoms with Gasteiger partial charge in [-0.15, -0.1) is 0 Å². The summed E-state index contributed by atoms with van der Waals surface area (Å²) in [5, 5.41) is 36.0. The van der Waals surface area contributed by atoms with Crippen LogP contribution in [0.3, 0.4) is 0 Å². The van der Waals surface area contributed by atoms with E-state index in [1.54, 1.807) is 0 Å². The first kappa shape index (κ1) is 19.3. The summed E-state index contributed by atoms with van der Waals surface area (Å²) in [6.07, 6.45) is 0. The van der Waals surface area contributed by atoms with Crippen molar-refractivity contribution in [2.75, 3.05) is 0 Å². The maximum Gasteiger partial charge on any atom is 1.00 e. The Kier molecular flexibility index (Phi) is 6.02. The Morgan fingerprint density at radius 1 is 0.609 bits per heavy atom. The third-order valence-electron chi connectivity index (χ3n) is 3.02. The van der Waals surface area contributed by atoms with E-state index in [2.05, 4.69) is 0 Å². The molecular formula is C14H9KO8. The van der Waals surface area contributed by atoms with Crippen molar-refractivity contribution in [2.24, 2.45) is 0 Å². The molecule has 0 bridgehead atoms. The zero-order valence-electron chi connectivity index (χ0n) is 12.7. The zero-order chi connectivity index (χ0) is 16.6. The predicted molar refractivity (Wildman–Crippen MR) is 72.9 cm³/mol. The molecule has 114 valence electrons. The van der Waals surface area contributed by atoms with Gasteiger partial charge in [0.05, 0.1) is 22.3 Å². The van der Waals surface area contributed by atoms with E-state index in [1.807, 2.05) is 0 Å². The van der Waals surface area contributed by atoms with Crippen LogP contribution in [0, 0.1) is 0 Å². The molecule has 0 radical (unpaired) electrons. The fourth-order valence-corrected chi connectivity index (χ4v) is 2.06. The third kappa shape index (κ3) is 3.76. The van der Waals surface area contributed by atoms with Crippen molar-refractivity contribution in [3.63, 3.8) is 0 Å². The molecule has 0 aliphatic carbocycles. The summed E-state index contributed by atoms with van der Waals surface area (Å²) >= 11 is 0. The Morgan fingerprint density at radius 2 is 0.913 bits per heavy atom. The van der Waals surface area contributed by atoms with E-state index in [9.17, 15) is 19.2 Å². The second-order valence-electron chi connectivity index (χ2n) is 4.36. The van der Waals surface area contributed by atoms with Crippen LogP contribution in [0.25, 0.3) is 10.8 Å². The fourth-order valence-electron chi connectivity index (χ4n) is 2.06. The molecule has 8 nitrogen and oxygen atoms in total. The van der Waals surface area contributed by atoms with Crippen molar-refractivity contribution in [1.29, 1.82) is 0 Å². The summed E-state index contributed by atoms with van der Waals surface area (Å²) in [7, 11) is 0. The number of hydrogen-bond donors (Lipinski definition) is 4. The molecule has 0 spiro atoms. The van der Waals surface area contributed by atoms with Crippen molar-refractivity contribution in [3.05, 3.63) is 46.5 Å². The van der Waals surface area contributed by atoms with E-state index in [-0.39, 0.29) is 63.6 Å². The number of fused-ring (bicyclic) bond motifs is 1. The maximum absolute atomic E-state index is 11.3. The minimum atomic E-state index is -1.49. The van der Waals surface area contributed by atoms with Crippen molar-refractivity contribution in [3.8, 4) is 0 Å². The molecule has 0 saturated carbocycles. The van der Waals surface area contributed by atoms with Crippen molar-refractivity contribution in [2.45, 2.75) is 0 Å². The fraction of sp³-hybridized carbons (Fsp3) is 0. The molecule has 2 rings (SSSR count). The molecule has 0 saturated heterocycles. The average molecular weight is 344 g/mol. The van der Waals surface area contributed by atoms with Gasteiger partial charge in [0.1, 0.15) is 0 Å². The molecule has 4 N–H and O–H groups in total. The van der Waals surface area contributed by atoms with Gasteiger partial charge in [-0.25, -0.2) is 19.2 Å². The number of benzene rings is 2. The molecule has 0 fully saturated rings. The van der Waals surface area contributed by atoms with E-state index in [0.29, 0.717) is 0 Å². The molecule has 0 aromatic heterocycles. The van der Waals surface area contributed by atoms with Crippen LogP contribution < -0.4 is 51.4 Å². The van der Waals surface area contributed by atoms with Crippen LogP contribution in [0.1, 0.15) is 42.9 Å². The summed E-state index contributed by atoms with van der Waals surface area (Å²) in [5.41, 5.74) is -1.79. The number of hydrogen-bond acceptors (Lipinski definition) is 4. The first-order valence-electron chi connectivity index (χ1n) is 5.77. The van der Waals surface area contributed by atoms with Gasteiger partial charge in [-0.2, -0.15) is 0 Å². The van der Waals surface area contributed by atoms with E-state index >= 15 is 0 Å². The topological polar surface area (TPSA) is 149 Å². The number of carbonyl (C=O) groups is 4. The third-order valence-corrected chi connectivity index (χ3v) is 3.02. The van der Waals surface area contributed by atoms with Crippen LogP contribution in [0.15, 0.2) is 24.3 Å². The van der Waals surface area contributed by atoms with Crippen LogP contribution in [0.5, 0.6) is 0 Å². The van der Waals surface area contributed by atoms with Crippen LogP contribution in [-0.4, -0.2) is 44.3 Å². The van der Waals surface area contributed by atoms with Crippen LogP contribution in [0.4, 0.5) is 0 Å². The second kappa shape index (κ2) is 7.19. The van der Waals surface area contributed by atoms with Crippen LogP contribution in [-0.2, 0) is 0 Å². The van der Waals surface area contributed by atoms with Crippen molar-refractivity contribution < 1.29 is 92.4 Å². The number of rotatable bonds is 4. The van der Waals surface area contributed by atoms with E-state index in [4.69, 9.17) is 20.4 Å². The Morgan fingerprint density at radius 3 is 1.13 bits per heavy atom. The predicted octanol–water partition coefficient (Wildman–Crippen LogP) is -1.25. The monoisotopic (exact) mass is 344 g/mol. The quantitative estimate of drug-likeness (QED) is 0.503. The number of carboxylic acid groups (broad SMARTS) is 4. The minimum absolute atomic E-state index is 0. The van der Waals surface area contributed by atoms with Gasteiger partial charge in [-0.05, 0) is 35.0 Å². The first-order chi connectivity index (χ1) is 10.2. The second-order valence-corrected chi connectivity index (χ2v) is 4.36. The summed E-state index contributed by atoms with van der Waals surface area (Å²) in [6, 6.07) is 3.70. The van der Waals surface area contributed by atoms with Gasteiger partial charge < -0.3 is 21.9 Å². The average Bonchev–Trinajstić information content (AvgIpc) is 2.44. The maximum atomic E-state index is 11.3. The largest absolute Gasteiger partial charge is 1.00 e. The number of aromatic carboxylic acids is 4. The zero-order valence-corrected chi connectivity index (χ0v) is 14.9. The molecule has 9 heteroatoms. The van der Waals surface area contributed by atoms with E-state index < -0.39 is 46.1 Å². The molecule has 0 unspecified atom stereocenters. The molecule has 0 aliphatic rings. The van der Waals surface area contributed by atoms with Crippen LogP contribution in [0.2, 0.25) is 0 Å². The molecule has 23 heavy (non-hydrogen) atoms. The molecule has 0 aliphatic heterocycles. The van der Waals surface area contributed by atoms with Crippen molar-refractivity contribution >= 4 is 34.6 Å². The van der Waals surface area contributed by atoms with E-state index in [1.165, 1.54) is 0 Å². The Bertz CT molecular complexity index is 790. The molecule has 0 atom stereocenters. The number of carboxylic acids is 4. The first-order valence-corrected chi connectivity index (χ1v) is 5.77. The summed E-state index contributed by atoms with van der Waals surface area (Å²) in [6.45, 7) is 0. The van der Waals surface area contributed by atoms with Crippen molar-refractivity contribution in [1.82, 2.24) is 0 Å². The Labute approximate surface area is 172 Å². The van der Waals surface area contributed by atoms with Gasteiger partial charge in [0.2, 0.25) is 0 Å². The SMILES string of the molecule is O=C(O)c1cc(C(=O)O)c2cc(C(=O)O)cc(C(=O)O)c2c1.[H-].[K+]. The normalized spacial score (nSPS) is 9.91. The molecular weight excluding hydrogens is 335 g/mol.